The summed E-state index contributed by atoms with van der Waals surface area (Å²) >= 11 is 0. The quantitative estimate of drug-likeness (QED) is 0.603. The number of hydrogen-bond donors (Lipinski definition) is 2. The van der Waals surface area contributed by atoms with Gasteiger partial charge in [0.1, 0.15) is 23.9 Å². The fraction of sp³-hybridized carbons (Fsp3) is 0.316. The van der Waals surface area contributed by atoms with Crippen LogP contribution in [-0.2, 0) is 10.3 Å². The maximum absolute atomic E-state index is 14.5. The van der Waals surface area contributed by atoms with E-state index >= 15 is 0 Å². The fourth-order valence-electron chi connectivity index (χ4n) is 3.14. The molecule has 1 aliphatic heterocycles. The van der Waals surface area contributed by atoms with Crippen LogP contribution in [0.25, 0.3) is 0 Å². The lowest BCUT2D eigenvalue weighted by atomic mass is 9.86. The molecular weight excluding hydrogens is 484 g/mol. The molecule has 1 amide bonds. The summed E-state index contributed by atoms with van der Waals surface area (Å²) in [7, 11) is 0. The van der Waals surface area contributed by atoms with Gasteiger partial charge in [0.05, 0.1) is 6.20 Å². The van der Waals surface area contributed by atoms with Crippen molar-refractivity contribution >= 4 is 17.6 Å². The lowest BCUT2D eigenvalue weighted by Gasteiger charge is -2.38. The number of ether oxygens (including phenoxy) is 2. The summed E-state index contributed by atoms with van der Waals surface area (Å²) < 4.78 is 113. The Balaban J connectivity index is 1.86. The second-order valence-corrected chi connectivity index (χ2v) is 7.03. The zero-order valence-corrected chi connectivity index (χ0v) is 16.7. The van der Waals surface area contributed by atoms with Gasteiger partial charge in [0, 0.05) is 17.7 Å². The molecule has 7 nitrogen and oxygen atoms in total. The molecule has 0 aliphatic carbocycles. The molecule has 3 rings (SSSR count). The minimum absolute atomic E-state index is 0.195. The maximum atomic E-state index is 14.5. The Hall–Kier alpha value is -3.65. The molecule has 1 aliphatic rings. The summed E-state index contributed by atoms with van der Waals surface area (Å²) in [6.07, 6.45) is -10.4. The Bertz CT molecular complexity index is 1090. The first-order chi connectivity index (χ1) is 15.7. The predicted octanol–water partition coefficient (Wildman–Crippen LogP) is 4.20. The summed E-state index contributed by atoms with van der Waals surface area (Å²) in [5.74, 6) is -2.80. The molecule has 0 unspecified atom stereocenters. The lowest BCUT2D eigenvalue weighted by Crippen LogP contribution is -2.48. The lowest BCUT2D eigenvalue weighted by molar-refractivity contribution is -0.274. The molecule has 2 heterocycles. The molecule has 0 radical (unpaired) electrons. The number of amidine groups is 1. The highest BCUT2D eigenvalue weighted by Crippen LogP contribution is 2.42. The van der Waals surface area contributed by atoms with Crippen molar-refractivity contribution in [1.82, 2.24) is 4.98 Å². The highest BCUT2D eigenvalue weighted by atomic mass is 19.4. The minimum atomic E-state index is -4.97. The topological polar surface area (TPSA) is 98.8 Å². The monoisotopic (exact) mass is 498 g/mol. The number of halogens is 8. The van der Waals surface area contributed by atoms with E-state index in [-0.39, 0.29) is 11.4 Å². The molecule has 1 aromatic carbocycles. The van der Waals surface area contributed by atoms with Gasteiger partial charge in [-0.2, -0.15) is 13.2 Å². The summed E-state index contributed by atoms with van der Waals surface area (Å²) in [5.41, 5.74) is 1.57. The van der Waals surface area contributed by atoms with E-state index in [4.69, 9.17) is 10.5 Å². The molecule has 1 aromatic heterocycles. The van der Waals surface area contributed by atoms with Gasteiger partial charge in [-0.3, -0.25) is 4.79 Å². The number of nitrogens with one attached hydrogen (secondary N) is 1. The van der Waals surface area contributed by atoms with Gasteiger partial charge in [0.25, 0.3) is 11.9 Å². The Kier molecular flexibility index (Phi) is 6.57. The second-order valence-electron chi connectivity index (χ2n) is 7.03. The number of anilines is 1. The zero-order valence-electron chi connectivity index (χ0n) is 16.7. The second kappa shape index (κ2) is 8.95. The number of carbonyl (C=O) groups excluding carboxylic acids is 1. The van der Waals surface area contributed by atoms with Crippen molar-refractivity contribution in [2.45, 2.75) is 30.6 Å². The number of benzene rings is 1. The summed E-state index contributed by atoms with van der Waals surface area (Å²) in [6.45, 7) is -1.60. The number of rotatable bonds is 5. The molecule has 0 fully saturated rings. The highest BCUT2D eigenvalue weighted by Gasteiger charge is 2.52. The molecule has 34 heavy (non-hydrogen) atoms. The van der Waals surface area contributed by atoms with Crippen LogP contribution in [0.2, 0.25) is 0 Å². The van der Waals surface area contributed by atoms with E-state index in [1.807, 2.05) is 0 Å². The number of amides is 1. The first-order valence-corrected chi connectivity index (χ1v) is 9.20. The van der Waals surface area contributed by atoms with Gasteiger partial charge >= 0.3 is 12.5 Å². The summed E-state index contributed by atoms with van der Waals surface area (Å²) in [5, 5.41) is 2.23. The van der Waals surface area contributed by atoms with Gasteiger partial charge < -0.3 is 20.5 Å². The van der Waals surface area contributed by atoms with Crippen LogP contribution < -0.4 is 15.8 Å². The van der Waals surface area contributed by atoms with Gasteiger partial charge in [-0.15, -0.1) is 13.2 Å². The number of aliphatic imine (C=N–C) groups is 1. The third-order valence-electron chi connectivity index (χ3n) is 4.62. The van der Waals surface area contributed by atoms with E-state index in [2.05, 4.69) is 20.0 Å². The Morgan fingerprint density at radius 3 is 2.47 bits per heavy atom. The average Bonchev–Trinajstić information content (AvgIpc) is 2.73. The molecule has 184 valence electrons. The van der Waals surface area contributed by atoms with Crippen LogP contribution >= 0.6 is 0 Å². The van der Waals surface area contributed by atoms with Crippen molar-refractivity contribution < 1.29 is 49.4 Å². The molecular formula is C19H14F8N4O3. The highest BCUT2D eigenvalue weighted by molar-refractivity contribution is 6.02. The van der Waals surface area contributed by atoms with Crippen molar-refractivity contribution in [2.24, 2.45) is 10.7 Å². The van der Waals surface area contributed by atoms with Crippen LogP contribution in [0, 0.1) is 5.82 Å². The molecule has 2 aromatic rings. The SMILES string of the molecule is NC1=N[C@H](C(F)(F)F)C[C@@](CF)(c2cc(NC(=O)c3ccc(OC(F)(F)F)cn3)ccc2F)O1. The van der Waals surface area contributed by atoms with Gasteiger partial charge in [-0.25, -0.2) is 18.8 Å². The average molecular weight is 498 g/mol. The third-order valence-corrected chi connectivity index (χ3v) is 4.62. The largest absolute Gasteiger partial charge is 0.573 e. The normalized spacial score (nSPS) is 20.8. The number of nitrogens with zero attached hydrogens (tertiary/aromatic N) is 2. The van der Waals surface area contributed by atoms with E-state index in [0.717, 1.165) is 30.3 Å². The van der Waals surface area contributed by atoms with Crippen LogP contribution in [0.1, 0.15) is 22.5 Å². The van der Waals surface area contributed by atoms with E-state index in [0.29, 0.717) is 6.20 Å². The van der Waals surface area contributed by atoms with Crippen LogP contribution in [0.3, 0.4) is 0 Å². The molecule has 3 N–H and O–H groups in total. The third kappa shape index (κ3) is 5.63. The first-order valence-electron chi connectivity index (χ1n) is 9.20. The number of carbonyl (C=O) groups is 1. The number of alkyl halides is 7. The van der Waals surface area contributed by atoms with Crippen LogP contribution in [0.15, 0.2) is 41.5 Å². The fourth-order valence-corrected chi connectivity index (χ4v) is 3.14. The van der Waals surface area contributed by atoms with Gasteiger partial charge in [0.15, 0.2) is 11.6 Å². The predicted molar refractivity (Wildman–Crippen MR) is 100 cm³/mol. The van der Waals surface area contributed by atoms with Crippen LogP contribution in [0.5, 0.6) is 5.75 Å². The Morgan fingerprint density at radius 2 is 1.91 bits per heavy atom. The Labute approximate surface area is 185 Å². The summed E-state index contributed by atoms with van der Waals surface area (Å²) in [6, 6.07) is 0.884. The Morgan fingerprint density at radius 1 is 1.21 bits per heavy atom. The van der Waals surface area contributed by atoms with Crippen molar-refractivity contribution in [3.8, 4) is 5.75 Å². The molecule has 0 saturated carbocycles. The van der Waals surface area contributed by atoms with E-state index in [9.17, 15) is 39.9 Å². The molecule has 2 atom stereocenters. The standard InChI is InChI=1S/C19H14F8N4O3/c20-8-17(6-14(18(22,23)24)31-16(28)34-17)11-5-9(1-3-12(11)21)30-15(32)13-4-2-10(7-29-13)33-19(25,26)27/h1-5,7,14H,6,8H2,(H2,28,31)(H,30,32)/t14-,17+/m0/s1. The van der Waals surface area contributed by atoms with Gasteiger partial charge in [-0.05, 0) is 30.3 Å². The van der Waals surface area contributed by atoms with Crippen molar-refractivity contribution in [1.29, 1.82) is 0 Å². The minimum Gasteiger partial charge on any atom is -0.451 e. The summed E-state index contributed by atoms with van der Waals surface area (Å²) in [4.78, 5) is 18.9. The zero-order chi connectivity index (χ0) is 25.3. The van der Waals surface area contributed by atoms with Gasteiger partial charge in [0.2, 0.25) is 0 Å². The molecule has 0 bridgehead atoms. The molecule has 0 spiro atoms. The number of hydrogen-bond acceptors (Lipinski definition) is 6. The van der Waals surface area contributed by atoms with E-state index < -0.39 is 66.3 Å². The van der Waals surface area contributed by atoms with Crippen LogP contribution in [0.4, 0.5) is 40.8 Å². The van der Waals surface area contributed by atoms with Crippen molar-refractivity contribution in [3.05, 3.63) is 53.6 Å². The number of aromatic nitrogens is 1. The van der Waals surface area contributed by atoms with Crippen molar-refractivity contribution in [2.75, 3.05) is 12.0 Å². The van der Waals surface area contributed by atoms with Crippen molar-refractivity contribution in [3.63, 3.8) is 0 Å². The molecule has 15 heteroatoms. The first kappa shape index (κ1) is 25.0. The van der Waals surface area contributed by atoms with E-state index in [1.54, 1.807) is 0 Å². The number of pyridine rings is 1. The van der Waals surface area contributed by atoms with Gasteiger partial charge in [-0.1, -0.05) is 0 Å². The molecule has 0 saturated heterocycles. The maximum Gasteiger partial charge on any atom is 0.573 e. The van der Waals surface area contributed by atoms with E-state index in [1.165, 1.54) is 0 Å². The smallest absolute Gasteiger partial charge is 0.451 e. The number of nitrogens with two attached hydrogens (primary N) is 1. The van der Waals surface area contributed by atoms with Crippen LogP contribution in [-0.4, -0.2) is 42.2 Å².